The van der Waals surface area contributed by atoms with E-state index in [1.807, 2.05) is 26.1 Å². The predicted octanol–water partition coefficient (Wildman–Crippen LogP) is 4.66. The molecule has 1 aromatic heterocycles. The van der Waals surface area contributed by atoms with Crippen molar-refractivity contribution in [2.24, 2.45) is 5.92 Å². The van der Waals surface area contributed by atoms with Crippen LogP contribution >= 0.6 is 11.6 Å². The second-order valence-corrected chi connectivity index (χ2v) is 10.8. The van der Waals surface area contributed by atoms with E-state index in [-0.39, 0.29) is 37.0 Å². The molecule has 3 N–H and O–H groups in total. The van der Waals surface area contributed by atoms with Gasteiger partial charge in [-0.05, 0) is 74.1 Å². The maximum absolute atomic E-state index is 13.4. The summed E-state index contributed by atoms with van der Waals surface area (Å²) < 4.78 is 6.58. The quantitative estimate of drug-likeness (QED) is 0.367. The summed E-state index contributed by atoms with van der Waals surface area (Å²) in [5.74, 6) is 0.489. The van der Waals surface area contributed by atoms with Crippen molar-refractivity contribution in [3.8, 4) is 5.75 Å². The third-order valence-electron chi connectivity index (χ3n) is 6.97. The van der Waals surface area contributed by atoms with E-state index in [2.05, 4.69) is 27.4 Å². The average molecular weight is 566 g/mol. The van der Waals surface area contributed by atoms with Gasteiger partial charge in [-0.15, -0.1) is 0 Å². The third kappa shape index (κ3) is 7.94. The van der Waals surface area contributed by atoms with E-state index >= 15 is 0 Å². The van der Waals surface area contributed by atoms with Gasteiger partial charge in [-0.2, -0.15) is 0 Å². The summed E-state index contributed by atoms with van der Waals surface area (Å²) in [6.07, 6.45) is 3.41. The van der Waals surface area contributed by atoms with E-state index in [1.54, 1.807) is 59.8 Å². The Balaban J connectivity index is 1.55. The molecule has 1 aliphatic rings. The molecule has 10 heteroatoms. The minimum atomic E-state index is -0.419. The Bertz CT molecular complexity index is 1290. The van der Waals surface area contributed by atoms with Gasteiger partial charge in [0.1, 0.15) is 11.9 Å². The number of hydrogen-bond donors (Lipinski definition) is 3. The lowest BCUT2D eigenvalue weighted by Gasteiger charge is -2.34. The van der Waals surface area contributed by atoms with Crippen LogP contribution in [0.15, 0.2) is 67.0 Å². The molecule has 0 radical (unpaired) electrons. The fourth-order valence-corrected chi connectivity index (χ4v) is 4.85. The summed E-state index contributed by atoms with van der Waals surface area (Å²) in [5.41, 5.74) is 2.94. The van der Waals surface area contributed by atoms with Crippen LogP contribution in [0.5, 0.6) is 5.75 Å². The lowest BCUT2D eigenvalue weighted by Crippen LogP contribution is -2.47. The maximum atomic E-state index is 13.4. The number of aliphatic hydroxyl groups excluding tert-OH is 1. The first-order valence-electron chi connectivity index (χ1n) is 13.3. The lowest BCUT2D eigenvalue weighted by molar-refractivity contribution is -0.134. The number of halogens is 1. The van der Waals surface area contributed by atoms with E-state index in [4.69, 9.17) is 16.3 Å². The number of hydrogen-bond acceptors (Lipinski definition) is 6. The second kappa shape index (κ2) is 13.6. The van der Waals surface area contributed by atoms with Gasteiger partial charge in [0.2, 0.25) is 5.91 Å². The van der Waals surface area contributed by atoms with Gasteiger partial charge >= 0.3 is 6.03 Å². The second-order valence-electron chi connectivity index (χ2n) is 10.3. The van der Waals surface area contributed by atoms with Gasteiger partial charge < -0.3 is 25.4 Å². The number of nitrogens with zero attached hydrogens (tertiary/aromatic N) is 3. The Morgan fingerprint density at radius 3 is 2.52 bits per heavy atom. The van der Waals surface area contributed by atoms with Crippen LogP contribution < -0.4 is 15.4 Å². The number of benzene rings is 2. The summed E-state index contributed by atoms with van der Waals surface area (Å²) >= 11 is 5.93. The molecule has 0 aliphatic carbocycles. The summed E-state index contributed by atoms with van der Waals surface area (Å²) in [4.78, 5) is 34.1. The molecule has 3 unspecified atom stereocenters. The molecule has 0 saturated heterocycles. The van der Waals surface area contributed by atoms with Crippen molar-refractivity contribution in [1.29, 1.82) is 0 Å². The smallest absolute Gasteiger partial charge is 0.323 e. The Morgan fingerprint density at radius 1 is 1.15 bits per heavy atom. The summed E-state index contributed by atoms with van der Waals surface area (Å²) in [7, 11) is 2.04. The van der Waals surface area contributed by atoms with Crippen LogP contribution in [0, 0.1) is 5.92 Å². The SMILES string of the molecule is CC1CN(C(C)CO)C(=O)Cc2cc(NC(=O)Nc3ccc(Cl)cc3)ccc2OC1CN(C)Cc1ccncc1. The zero-order valence-corrected chi connectivity index (χ0v) is 23.8. The highest BCUT2D eigenvalue weighted by atomic mass is 35.5. The number of ether oxygens (including phenoxy) is 1. The number of amides is 3. The molecular formula is C30H36ClN5O4. The summed E-state index contributed by atoms with van der Waals surface area (Å²) in [5, 5.41) is 16.1. The average Bonchev–Trinajstić information content (AvgIpc) is 2.97. The molecular weight excluding hydrogens is 530 g/mol. The molecule has 3 aromatic rings. The molecule has 1 aliphatic heterocycles. The number of rotatable bonds is 8. The molecule has 3 atom stereocenters. The van der Waals surface area contributed by atoms with Crippen molar-refractivity contribution in [2.75, 3.05) is 37.4 Å². The fraction of sp³-hybridized carbons (Fsp3) is 0.367. The molecule has 0 fully saturated rings. The minimum Gasteiger partial charge on any atom is -0.488 e. The zero-order valence-electron chi connectivity index (χ0n) is 23.0. The van der Waals surface area contributed by atoms with Gasteiger partial charge in [0.25, 0.3) is 0 Å². The molecule has 2 aromatic carbocycles. The van der Waals surface area contributed by atoms with Crippen molar-refractivity contribution >= 4 is 34.9 Å². The molecule has 0 bridgehead atoms. The number of anilines is 2. The molecule has 0 saturated carbocycles. The monoisotopic (exact) mass is 565 g/mol. The van der Waals surface area contributed by atoms with Crippen molar-refractivity contribution in [1.82, 2.24) is 14.8 Å². The van der Waals surface area contributed by atoms with Gasteiger partial charge in [-0.1, -0.05) is 18.5 Å². The van der Waals surface area contributed by atoms with Crippen LogP contribution in [-0.2, 0) is 17.8 Å². The Hall–Kier alpha value is -3.66. The largest absolute Gasteiger partial charge is 0.488 e. The number of nitrogens with one attached hydrogen (secondary N) is 2. The Labute approximate surface area is 240 Å². The molecule has 0 spiro atoms. The topological polar surface area (TPSA) is 107 Å². The number of carbonyl (C=O) groups is 2. The molecule has 2 heterocycles. The predicted molar refractivity (Wildman–Crippen MR) is 157 cm³/mol. The highest BCUT2D eigenvalue weighted by Crippen LogP contribution is 2.29. The minimum absolute atomic E-state index is 0.00764. The van der Waals surface area contributed by atoms with Crippen molar-refractivity contribution in [3.63, 3.8) is 0 Å². The summed E-state index contributed by atoms with van der Waals surface area (Å²) in [6, 6.07) is 15.4. The van der Waals surface area contributed by atoms with Crippen LogP contribution in [0.4, 0.5) is 16.2 Å². The number of urea groups is 1. The van der Waals surface area contributed by atoms with E-state index in [1.165, 1.54) is 0 Å². The van der Waals surface area contributed by atoms with Crippen LogP contribution in [0.3, 0.4) is 0 Å². The molecule has 4 rings (SSSR count). The fourth-order valence-electron chi connectivity index (χ4n) is 4.72. The van der Waals surface area contributed by atoms with Crippen LogP contribution in [-0.4, -0.2) is 70.7 Å². The molecule has 40 heavy (non-hydrogen) atoms. The highest BCUT2D eigenvalue weighted by molar-refractivity contribution is 6.30. The molecule has 3 amide bonds. The van der Waals surface area contributed by atoms with Gasteiger partial charge in [-0.3, -0.25) is 14.7 Å². The molecule has 212 valence electrons. The normalized spacial score (nSPS) is 18.1. The number of carbonyl (C=O) groups excluding carboxylic acids is 2. The van der Waals surface area contributed by atoms with Crippen molar-refractivity contribution < 1.29 is 19.4 Å². The lowest BCUT2D eigenvalue weighted by atomic mass is 10.0. The van der Waals surface area contributed by atoms with E-state index in [0.717, 1.165) is 12.1 Å². The van der Waals surface area contributed by atoms with Gasteiger partial charge in [-0.25, -0.2) is 4.79 Å². The molecule has 9 nitrogen and oxygen atoms in total. The van der Waals surface area contributed by atoms with Gasteiger partial charge in [0.15, 0.2) is 0 Å². The van der Waals surface area contributed by atoms with Gasteiger partial charge in [0.05, 0.1) is 19.1 Å². The van der Waals surface area contributed by atoms with E-state index in [9.17, 15) is 14.7 Å². The van der Waals surface area contributed by atoms with Crippen molar-refractivity contribution in [2.45, 2.75) is 39.0 Å². The van der Waals surface area contributed by atoms with Gasteiger partial charge in [0, 0.05) is 59.9 Å². The first kappa shape index (κ1) is 29.3. The van der Waals surface area contributed by atoms with Crippen molar-refractivity contribution in [3.05, 3.63) is 83.1 Å². The first-order chi connectivity index (χ1) is 19.2. The van der Waals surface area contributed by atoms with Crippen LogP contribution in [0.1, 0.15) is 25.0 Å². The standard InChI is InChI=1S/C30H36ClN5O4/c1-20-16-36(21(2)19-37)29(38)15-23-14-26(34-30(39)33-25-6-4-24(31)5-7-25)8-9-27(23)40-28(20)18-35(3)17-22-10-12-32-13-11-22/h4-14,20-21,28,37H,15-19H2,1-3H3,(H2,33,34,39). The number of pyridine rings is 1. The zero-order chi connectivity index (χ0) is 28.6. The Kier molecular flexibility index (Phi) is 9.98. The van der Waals surface area contributed by atoms with Crippen LogP contribution in [0.25, 0.3) is 0 Å². The Morgan fingerprint density at radius 2 is 1.82 bits per heavy atom. The van der Waals surface area contributed by atoms with Crippen LogP contribution in [0.2, 0.25) is 5.02 Å². The summed E-state index contributed by atoms with van der Waals surface area (Å²) in [6.45, 7) is 5.58. The van der Waals surface area contributed by atoms with E-state index < -0.39 is 6.03 Å². The maximum Gasteiger partial charge on any atom is 0.323 e. The highest BCUT2D eigenvalue weighted by Gasteiger charge is 2.31. The number of aromatic nitrogens is 1. The number of likely N-dealkylation sites (N-methyl/N-ethyl adjacent to an activating group) is 1. The first-order valence-corrected chi connectivity index (χ1v) is 13.7. The van der Waals surface area contributed by atoms with E-state index in [0.29, 0.717) is 40.8 Å². The number of aliphatic hydroxyl groups is 1. The third-order valence-corrected chi connectivity index (χ3v) is 7.22. The number of fused-ring (bicyclic) bond motifs is 1.